The van der Waals surface area contributed by atoms with Crippen LogP contribution in [0.5, 0.6) is 0 Å². The van der Waals surface area contributed by atoms with E-state index < -0.39 is 91.7 Å². The number of carbonyl (C=O) groups excluding carboxylic acids is 1. The summed E-state index contributed by atoms with van der Waals surface area (Å²) in [6, 6.07) is 2.79. The van der Waals surface area contributed by atoms with Crippen LogP contribution in [-0.2, 0) is 41.1 Å². The monoisotopic (exact) mass is 744 g/mol. The fourth-order valence-corrected chi connectivity index (χ4v) is 7.47. The first-order valence-electron chi connectivity index (χ1n) is 13.3. The maximum absolute atomic E-state index is 12.6. The molecule has 0 saturated carbocycles. The summed E-state index contributed by atoms with van der Waals surface area (Å²) < 4.78 is 68.4. The van der Waals surface area contributed by atoms with Crippen LogP contribution in [0.1, 0.15) is 22.8 Å². The first-order valence-corrected chi connectivity index (χ1v) is 17.9. The lowest BCUT2D eigenvalue weighted by Crippen LogP contribution is -2.46. The third kappa shape index (κ3) is 8.12. The molecule has 2 saturated heterocycles. The van der Waals surface area contributed by atoms with Crippen LogP contribution in [0.2, 0.25) is 0 Å². The summed E-state index contributed by atoms with van der Waals surface area (Å²) in [5, 5.41) is 31.5. The van der Waals surface area contributed by atoms with Crippen molar-refractivity contribution in [2.45, 2.75) is 49.1 Å². The highest BCUT2D eigenvalue weighted by Gasteiger charge is 2.51. The highest BCUT2D eigenvalue weighted by atomic mass is 31.3. The van der Waals surface area contributed by atoms with Crippen molar-refractivity contribution in [1.82, 2.24) is 19.5 Å². The molecule has 264 valence electrons. The number of phosphoric ester groups is 3. The van der Waals surface area contributed by atoms with Gasteiger partial charge in [-0.25, -0.2) is 28.6 Å². The number of pyridine rings is 1. The van der Waals surface area contributed by atoms with Crippen molar-refractivity contribution in [3.05, 3.63) is 42.7 Å². The number of rotatable bonds is 13. The summed E-state index contributed by atoms with van der Waals surface area (Å²) in [6.07, 6.45) is -8.39. The molecule has 5 rings (SSSR count). The Labute approximate surface area is 267 Å². The van der Waals surface area contributed by atoms with Crippen molar-refractivity contribution in [3.8, 4) is 0 Å². The Kier molecular flexibility index (Phi) is 10.5. The number of phosphoric acid groups is 3. The minimum Gasteiger partial charge on any atom is -0.387 e. The fourth-order valence-electron chi connectivity index (χ4n) is 4.83. The van der Waals surface area contributed by atoms with E-state index in [0.717, 1.165) is 17.2 Å². The average molecular weight is 744 g/mol. The van der Waals surface area contributed by atoms with Gasteiger partial charge in [0, 0.05) is 6.07 Å². The van der Waals surface area contributed by atoms with Gasteiger partial charge in [-0.15, -0.1) is 0 Å². The van der Waals surface area contributed by atoms with Gasteiger partial charge in [0.25, 0.3) is 12.1 Å². The van der Waals surface area contributed by atoms with Gasteiger partial charge in [0.15, 0.2) is 36.2 Å². The molecule has 3 aromatic rings. The summed E-state index contributed by atoms with van der Waals surface area (Å²) >= 11 is 0. The Morgan fingerprint density at radius 2 is 1.60 bits per heavy atom. The van der Waals surface area contributed by atoms with Crippen LogP contribution in [0.25, 0.3) is 11.2 Å². The number of hydrogen-bond acceptors (Lipinski definition) is 17. The Hall–Kier alpha value is -2.86. The fraction of sp³-hybridized carbons (Fsp3) is 0.476. The molecule has 2 aliphatic heterocycles. The Balaban J connectivity index is 1.21. The highest BCUT2D eigenvalue weighted by molar-refractivity contribution is 7.61. The molecule has 0 spiro atoms. The maximum atomic E-state index is 12.6. The molecule has 0 bridgehead atoms. The average Bonchev–Trinajstić information content (AvgIpc) is 3.64. The van der Waals surface area contributed by atoms with Crippen LogP contribution in [0.3, 0.4) is 0 Å². The Morgan fingerprint density at radius 3 is 2.23 bits per heavy atom. The number of imidazole rings is 1. The minimum absolute atomic E-state index is 0.00286. The van der Waals surface area contributed by atoms with Gasteiger partial charge in [-0.05, 0) is 6.07 Å². The predicted octanol–water partition coefficient (Wildman–Crippen LogP) is -2.90. The highest BCUT2D eigenvalue weighted by Crippen LogP contribution is 2.61. The molecule has 0 aliphatic carbocycles. The number of fused-ring (bicyclic) bond motifs is 1. The van der Waals surface area contributed by atoms with E-state index in [1.165, 1.54) is 29.1 Å². The minimum atomic E-state index is -5.52. The van der Waals surface area contributed by atoms with Crippen molar-refractivity contribution in [1.29, 1.82) is 0 Å². The predicted molar refractivity (Wildman–Crippen MR) is 150 cm³/mol. The van der Waals surface area contributed by atoms with Gasteiger partial charge < -0.3 is 55.8 Å². The zero-order valence-corrected chi connectivity index (χ0v) is 26.6. The first kappa shape index (κ1) is 36.4. The molecule has 3 aromatic heterocycles. The van der Waals surface area contributed by atoms with Crippen LogP contribution in [-0.4, -0.2) is 110 Å². The summed E-state index contributed by atoms with van der Waals surface area (Å²) in [7, 11) is -16.3. The number of amides is 1. The molecule has 2 fully saturated rings. The number of aliphatic hydroxyl groups is 3. The van der Waals surface area contributed by atoms with Crippen molar-refractivity contribution < 1.29 is 85.3 Å². The van der Waals surface area contributed by atoms with Gasteiger partial charge in [0.05, 0.1) is 19.5 Å². The van der Waals surface area contributed by atoms with E-state index in [1.807, 2.05) is 0 Å². The lowest BCUT2D eigenvalue weighted by molar-refractivity contribution is -0.765. The third-order valence-corrected chi connectivity index (χ3v) is 10.1. The van der Waals surface area contributed by atoms with Crippen LogP contribution in [0.15, 0.2) is 37.2 Å². The molecule has 24 nitrogen and oxygen atoms in total. The number of aliphatic hydroxyl groups excluding tert-OH is 3. The van der Waals surface area contributed by atoms with Crippen molar-refractivity contribution in [3.63, 3.8) is 0 Å². The standard InChI is InChI=1S/C21H28N7O17P3/c22-17-12-19(25-7-24-17)28(8-26-12)21-16(44-46(33,34)35)14(30)11(43-21)6-41-48(38,39)45-47(36,37)40-5-10-13(29)15(31)20(42-10)27-3-1-2-9(4-27)18(23)32/h1-4,7-8,10-11,13-16,20-21,29-31H,5-6H2,(H7-,22,23,24,25,32,33,34,35,36,37,38,39)/p+1/t10-,11-,13+,14-,15-,16+,20-,21-/m1/s1. The molecule has 0 radical (unpaired) electrons. The Morgan fingerprint density at radius 1 is 0.958 bits per heavy atom. The molecule has 11 N–H and O–H groups in total. The van der Waals surface area contributed by atoms with E-state index in [-0.39, 0.29) is 22.5 Å². The van der Waals surface area contributed by atoms with Crippen molar-refractivity contribution in [2.75, 3.05) is 18.9 Å². The van der Waals surface area contributed by atoms with Gasteiger partial charge in [0.1, 0.15) is 47.9 Å². The number of hydrogen-bond donors (Lipinski definition) is 9. The molecule has 2 aliphatic rings. The van der Waals surface area contributed by atoms with E-state index >= 15 is 0 Å². The zero-order valence-electron chi connectivity index (χ0n) is 23.9. The van der Waals surface area contributed by atoms with Crippen LogP contribution in [0.4, 0.5) is 5.82 Å². The van der Waals surface area contributed by atoms with Gasteiger partial charge in [-0.1, -0.05) is 0 Å². The number of ether oxygens (including phenoxy) is 2. The van der Waals surface area contributed by atoms with Gasteiger partial charge >= 0.3 is 23.5 Å². The molecule has 48 heavy (non-hydrogen) atoms. The van der Waals surface area contributed by atoms with Crippen LogP contribution < -0.4 is 16.0 Å². The summed E-state index contributed by atoms with van der Waals surface area (Å²) in [5.41, 5.74) is 11.1. The summed E-state index contributed by atoms with van der Waals surface area (Å²) in [4.78, 5) is 62.2. The number of aromatic nitrogens is 5. The number of primary amides is 1. The maximum Gasteiger partial charge on any atom is 0.481 e. The van der Waals surface area contributed by atoms with E-state index in [2.05, 4.69) is 23.8 Å². The molecule has 27 heteroatoms. The quantitative estimate of drug-likeness (QED) is 0.0626. The van der Waals surface area contributed by atoms with Gasteiger partial charge in [0.2, 0.25) is 0 Å². The van der Waals surface area contributed by atoms with Crippen LogP contribution in [0, 0.1) is 0 Å². The van der Waals surface area contributed by atoms with Crippen molar-refractivity contribution >= 4 is 46.4 Å². The first-order chi connectivity index (χ1) is 22.4. The smallest absolute Gasteiger partial charge is 0.387 e. The van der Waals surface area contributed by atoms with E-state index in [4.69, 9.17) is 30.0 Å². The second-order valence-corrected chi connectivity index (χ2v) is 14.5. The van der Waals surface area contributed by atoms with Gasteiger partial charge in [-0.2, -0.15) is 8.88 Å². The van der Waals surface area contributed by atoms with Crippen molar-refractivity contribution in [2.24, 2.45) is 5.73 Å². The topological polar surface area (TPSA) is 365 Å². The molecular weight excluding hydrogens is 715 g/mol. The van der Waals surface area contributed by atoms with E-state index in [9.17, 15) is 53.4 Å². The van der Waals surface area contributed by atoms with E-state index in [1.54, 1.807) is 0 Å². The zero-order chi connectivity index (χ0) is 35.2. The summed E-state index contributed by atoms with van der Waals surface area (Å²) in [5.74, 6) is -0.848. The lowest BCUT2D eigenvalue weighted by atomic mass is 10.1. The molecule has 5 heterocycles. The Bertz CT molecular complexity index is 1810. The molecule has 0 aromatic carbocycles. The SMILES string of the molecule is NC(=O)c1ccc[n+]([C@@H]2O[C@H](COP(=O)(O)OP(=O)(O)OC[C@H]3O[C@@H](n4cnc5c(N)ncnc54)[C@@H](OP(=O)(O)O)[C@@H]3O)[C@H](O)[C@H]2O)c1. The molecule has 10 atom stereocenters. The second-order valence-electron chi connectivity index (χ2n) is 10.3. The molecule has 2 unspecified atom stereocenters. The largest absolute Gasteiger partial charge is 0.481 e. The lowest BCUT2D eigenvalue weighted by Gasteiger charge is -2.22. The molecule has 1 amide bonds. The number of nitrogen functional groups attached to an aromatic ring is 1. The third-order valence-electron chi connectivity index (χ3n) is 6.98. The number of nitrogens with zero attached hydrogens (tertiary/aromatic N) is 5. The second kappa shape index (κ2) is 13.8. The number of carbonyl (C=O) groups is 1. The van der Waals surface area contributed by atoms with Gasteiger partial charge in [-0.3, -0.25) is 22.9 Å². The number of anilines is 1. The number of nitrogens with two attached hydrogens (primary N) is 2. The van der Waals surface area contributed by atoms with Crippen LogP contribution >= 0.6 is 23.5 Å². The normalized spacial score (nSPS) is 30.3. The molecular formula is C21H29N7O17P3+. The summed E-state index contributed by atoms with van der Waals surface area (Å²) in [6.45, 7) is -2.03. The van der Waals surface area contributed by atoms with E-state index in [0.29, 0.717) is 0 Å².